The van der Waals surface area contributed by atoms with Crippen molar-refractivity contribution >= 4 is 45.9 Å². The van der Waals surface area contributed by atoms with Gasteiger partial charge in [0, 0.05) is 12.5 Å². The Kier molecular flexibility index (Phi) is 15.6. The minimum Gasteiger partial charge on any atom is -0.494 e. The second kappa shape index (κ2) is 21.1. The number of carbonyl (C=O) groups is 2. The number of benzene rings is 4. The standard InChI is InChI=1S/C40H42N6O5/c1-4-36(47)11-7-6-8-26-49-37-21-16-33(17-22-37)42-41-31-12-14-32(15-13-31)43-45-35-20-25-39(30(3)29-35)46-44-34-18-23-38(24-19-34)50-27-9-10-28-51-40(48)5-2/h4-5,12-25,29H,1-2,6-11,26-28H2,3H3. The number of ether oxygens (including phenoxy) is 3. The lowest BCUT2D eigenvalue weighted by Crippen LogP contribution is -2.04. The predicted octanol–water partition coefficient (Wildman–Crippen LogP) is 11.8. The van der Waals surface area contributed by atoms with Crippen molar-refractivity contribution in [1.29, 1.82) is 0 Å². The molecule has 11 nitrogen and oxygen atoms in total. The summed E-state index contributed by atoms with van der Waals surface area (Å²) in [6.07, 6.45) is 7.21. The number of ketones is 1. The van der Waals surface area contributed by atoms with Crippen LogP contribution in [0, 0.1) is 6.92 Å². The predicted molar refractivity (Wildman–Crippen MR) is 198 cm³/mol. The fourth-order valence-corrected chi connectivity index (χ4v) is 4.46. The van der Waals surface area contributed by atoms with Crippen molar-refractivity contribution in [3.05, 3.63) is 122 Å². The molecule has 51 heavy (non-hydrogen) atoms. The van der Waals surface area contributed by atoms with Gasteiger partial charge in [-0.25, -0.2) is 4.79 Å². The highest BCUT2D eigenvalue weighted by Gasteiger charge is 2.02. The van der Waals surface area contributed by atoms with Gasteiger partial charge >= 0.3 is 5.97 Å². The van der Waals surface area contributed by atoms with Crippen molar-refractivity contribution in [3.63, 3.8) is 0 Å². The Morgan fingerprint density at radius 2 is 1.00 bits per heavy atom. The molecule has 0 unspecified atom stereocenters. The van der Waals surface area contributed by atoms with E-state index in [0.717, 1.165) is 54.5 Å². The molecule has 0 heterocycles. The van der Waals surface area contributed by atoms with E-state index in [9.17, 15) is 9.59 Å². The number of aryl methyl sites for hydroxylation is 1. The van der Waals surface area contributed by atoms with Gasteiger partial charge in [0.25, 0.3) is 0 Å². The smallest absolute Gasteiger partial charge is 0.330 e. The van der Waals surface area contributed by atoms with Crippen molar-refractivity contribution < 1.29 is 23.8 Å². The molecule has 0 bridgehead atoms. The molecular formula is C40H42N6O5. The van der Waals surface area contributed by atoms with E-state index in [2.05, 4.69) is 43.8 Å². The Morgan fingerprint density at radius 3 is 1.51 bits per heavy atom. The molecular weight excluding hydrogens is 644 g/mol. The van der Waals surface area contributed by atoms with Gasteiger partial charge in [-0.2, -0.15) is 30.7 Å². The Bertz CT molecular complexity index is 1820. The average molecular weight is 687 g/mol. The molecule has 4 aromatic rings. The van der Waals surface area contributed by atoms with Crippen molar-refractivity contribution in [2.24, 2.45) is 30.7 Å². The van der Waals surface area contributed by atoms with Crippen LogP contribution in [0.5, 0.6) is 11.5 Å². The summed E-state index contributed by atoms with van der Waals surface area (Å²) >= 11 is 0. The van der Waals surface area contributed by atoms with E-state index in [1.165, 1.54) is 6.08 Å². The fourth-order valence-electron chi connectivity index (χ4n) is 4.46. The number of hydrogen-bond donors (Lipinski definition) is 0. The summed E-state index contributed by atoms with van der Waals surface area (Å²) in [5.74, 6) is 1.17. The van der Waals surface area contributed by atoms with Crippen LogP contribution in [0.25, 0.3) is 0 Å². The molecule has 0 N–H and O–H groups in total. The van der Waals surface area contributed by atoms with Crippen molar-refractivity contribution in [3.8, 4) is 11.5 Å². The van der Waals surface area contributed by atoms with E-state index in [4.69, 9.17) is 14.2 Å². The van der Waals surface area contributed by atoms with Gasteiger partial charge in [0.05, 0.1) is 53.9 Å². The topological polar surface area (TPSA) is 136 Å². The fraction of sp³-hybridized carbons (Fsp3) is 0.250. The first-order valence-corrected chi connectivity index (χ1v) is 16.8. The number of nitrogens with zero attached hydrogens (tertiary/aromatic N) is 6. The summed E-state index contributed by atoms with van der Waals surface area (Å²) in [7, 11) is 0. The lowest BCUT2D eigenvalue weighted by Gasteiger charge is -2.06. The molecule has 11 heteroatoms. The lowest BCUT2D eigenvalue weighted by atomic mass is 10.1. The van der Waals surface area contributed by atoms with Crippen molar-refractivity contribution in [2.45, 2.75) is 45.4 Å². The third-order valence-electron chi connectivity index (χ3n) is 7.32. The highest BCUT2D eigenvalue weighted by atomic mass is 16.5. The Hall–Kier alpha value is -6.10. The van der Waals surface area contributed by atoms with E-state index in [-0.39, 0.29) is 5.78 Å². The van der Waals surface area contributed by atoms with Gasteiger partial charge in [-0.05, 0) is 142 Å². The Morgan fingerprint density at radius 1 is 0.549 bits per heavy atom. The molecule has 0 atom stereocenters. The van der Waals surface area contributed by atoms with Gasteiger partial charge in [-0.3, -0.25) is 4.79 Å². The second-order valence-electron chi connectivity index (χ2n) is 11.3. The SMILES string of the molecule is C=CC(=O)CCCCCOc1ccc(N=Nc2ccc(N=Nc3ccc(N=Nc4ccc(OCCCCOC(=O)C=C)cc4)c(C)c3)cc2)cc1. The first-order valence-electron chi connectivity index (χ1n) is 16.8. The summed E-state index contributed by atoms with van der Waals surface area (Å²) in [5, 5.41) is 26.1. The molecule has 0 aliphatic rings. The maximum absolute atomic E-state index is 11.3. The average Bonchev–Trinajstić information content (AvgIpc) is 3.16. The third-order valence-corrected chi connectivity index (χ3v) is 7.32. The summed E-state index contributed by atoms with van der Waals surface area (Å²) in [6, 6.07) is 27.7. The van der Waals surface area contributed by atoms with E-state index in [1.807, 2.05) is 97.9 Å². The molecule has 0 aromatic heterocycles. The molecule has 262 valence electrons. The number of rotatable bonds is 21. The lowest BCUT2D eigenvalue weighted by molar-refractivity contribution is -0.137. The van der Waals surface area contributed by atoms with Crippen LogP contribution < -0.4 is 9.47 Å². The molecule has 0 saturated heterocycles. The zero-order valence-electron chi connectivity index (χ0n) is 28.8. The van der Waals surface area contributed by atoms with Gasteiger partial charge in [0.2, 0.25) is 0 Å². The summed E-state index contributed by atoms with van der Waals surface area (Å²) < 4.78 is 16.5. The monoisotopic (exact) mass is 686 g/mol. The number of carbonyl (C=O) groups excluding carboxylic acids is 2. The number of unbranched alkanes of at least 4 members (excludes halogenated alkanes) is 3. The molecule has 4 rings (SSSR count). The van der Waals surface area contributed by atoms with E-state index in [0.29, 0.717) is 61.1 Å². The molecule has 0 spiro atoms. The van der Waals surface area contributed by atoms with Gasteiger partial charge in [0.15, 0.2) is 5.78 Å². The maximum Gasteiger partial charge on any atom is 0.330 e. The first kappa shape index (κ1) is 37.7. The second-order valence-corrected chi connectivity index (χ2v) is 11.3. The maximum atomic E-state index is 11.3. The molecule has 0 radical (unpaired) electrons. The van der Waals surface area contributed by atoms with Crippen molar-refractivity contribution in [2.75, 3.05) is 19.8 Å². The zero-order chi connectivity index (χ0) is 36.1. The van der Waals surface area contributed by atoms with Crippen LogP contribution in [0.4, 0.5) is 34.1 Å². The van der Waals surface area contributed by atoms with Gasteiger partial charge < -0.3 is 14.2 Å². The molecule has 0 saturated carbocycles. The van der Waals surface area contributed by atoms with Gasteiger partial charge in [-0.15, -0.1) is 0 Å². The van der Waals surface area contributed by atoms with E-state index >= 15 is 0 Å². The summed E-state index contributed by atoms with van der Waals surface area (Å²) in [6.45, 7) is 10.3. The van der Waals surface area contributed by atoms with Crippen LogP contribution in [0.3, 0.4) is 0 Å². The molecule has 0 aliphatic carbocycles. The number of esters is 1. The zero-order valence-corrected chi connectivity index (χ0v) is 28.8. The quantitative estimate of drug-likeness (QED) is 0.0372. The van der Waals surface area contributed by atoms with Gasteiger partial charge in [0.1, 0.15) is 11.5 Å². The molecule has 0 fully saturated rings. The van der Waals surface area contributed by atoms with E-state index < -0.39 is 5.97 Å². The van der Waals surface area contributed by atoms with Crippen LogP contribution in [-0.2, 0) is 14.3 Å². The Labute approximate surface area is 298 Å². The first-order chi connectivity index (χ1) is 24.9. The molecule has 0 aliphatic heterocycles. The van der Waals surface area contributed by atoms with Crippen molar-refractivity contribution in [1.82, 2.24) is 0 Å². The van der Waals surface area contributed by atoms with Crippen LogP contribution in [0.2, 0.25) is 0 Å². The van der Waals surface area contributed by atoms with Crippen LogP contribution in [0.1, 0.15) is 44.1 Å². The number of hydrogen-bond acceptors (Lipinski definition) is 11. The largest absolute Gasteiger partial charge is 0.494 e. The molecule has 4 aromatic carbocycles. The highest BCUT2D eigenvalue weighted by Crippen LogP contribution is 2.29. The van der Waals surface area contributed by atoms with E-state index in [1.54, 1.807) is 0 Å². The highest BCUT2D eigenvalue weighted by molar-refractivity contribution is 5.88. The molecule has 0 amide bonds. The summed E-state index contributed by atoms with van der Waals surface area (Å²) in [5.41, 5.74) is 5.13. The van der Waals surface area contributed by atoms with Crippen LogP contribution in [-0.4, -0.2) is 31.6 Å². The number of allylic oxidation sites excluding steroid dienone is 1. The minimum atomic E-state index is -0.414. The van der Waals surface area contributed by atoms with Gasteiger partial charge in [-0.1, -0.05) is 13.2 Å². The third kappa shape index (κ3) is 14.1. The van der Waals surface area contributed by atoms with Crippen LogP contribution in [0.15, 0.2) is 147 Å². The summed E-state index contributed by atoms with van der Waals surface area (Å²) in [4.78, 5) is 22.3. The normalized spacial score (nSPS) is 11.2. The minimum absolute atomic E-state index is 0.0839. The van der Waals surface area contributed by atoms with Crippen LogP contribution >= 0.6 is 0 Å². The number of azo groups is 3. The Balaban J connectivity index is 1.19.